The number of aliphatic hydroxyl groups is 2. The normalized spacial score (nSPS) is 13.5. The van der Waals surface area contributed by atoms with Gasteiger partial charge in [-0.05, 0) is 77.0 Å². The molecule has 6 nitrogen and oxygen atoms in total. The van der Waals surface area contributed by atoms with Gasteiger partial charge >= 0.3 is 5.97 Å². The van der Waals surface area contributed by atoms with Gasteiger partial charge in [0.25, 0.3) is 0 Å². The van der Waals surface area contributed by atoms with Gasteiger partial charge in [0, 0.05) is 6.42 Å². The summed E-state index contributed by atoms with van der Waals surface area (Å²) in [7, 11) is 0. The summed E-state index contributed by atoms with van der Waals surface area (Å²) < 4.78 is 5.92. The van der Waals surface area contributed by atoms with Crippen LogP contribution in [0.4, 0.5) is 0 Å². The number of hydrogen-bond acceptors (Lipinski definition) is 5. The molecule has 3 atom stereocenters. The van der Waals surface area contributed by atoms with Gasteiger partial charge in [0.2, 0.25) is 5.91 Å². The molecule has 0 fully saturated rings. The van der Waals surface area contributed by atoms with E-state index in [4.69, 9.17) is 4.74 Å². The second kappa shape index (κ2) is 48.1. The smallest absolute Gasteiger partial charge is 0.306 e. The summed E-state index contributed by atoms with van der Waals surface area (Å²) in [6, 6.07) is -0.708. The van der Waals surface area contributed by atoms with E-state index in [0.29, 0.717) is 19.3 Å². The van der Waals surface area contributed by atoms with Gasteiger partial charge in [0.05, 0.1) is 25.2 Å². The number of aliphatic hydroxyl groups excluding tert-OH is 2. The molecule has 0 aromatic carbocycles. The number of allylic oxidation sites excluding steroid dienone is 6. The van der Waals surface area contributed by atoms with Crippen LogP contribution in [0.3, 0.4) is 0 Å². The topological polar surface area (TPSA) is 95.9 Å². The number of amides is 1. The van der Waals surface area contributed by atoms with Crippen LogP contribution >= 0.6 is 0 Å². The van der Waals surface area contributed by atoms with Crippen LogP contribution in [0.1, 0.15) is 271 Å². The highest BCUT2D eigenvalue weighted by atomic mass is 16.5. The zero-order valence-corrected chi connectivity index (χ0v) is 40.1. The number of esters is 1. The van der Waals surface area contributed by atoms with Crippen molar-refractivity contribution in [3.05, 3.63) is 36.5 Å². The highest BCUT2D eigenvalue weighted by Crippen LogP contribution is 2.17. The Kier molecular flexibility index (Phi) is 46.6. The van der Waals surface area contributed by atoms with E-state index in [1.807, 2.05) is 0 Å². The zero-order chi connectivity index (χ0) is 43.8. The van der Waals surface area contributed by atoms with E-state index < -0.39 is 18.2 Å². The standard InChI is InChI=1S/C54H101NO5/c1-4-7-10-13-16-19-21-23-25-27-29-31-34-36-39-42-45-50(48-53(58)55-51(49-56)52(57)46-43-40-37-33-18-15-12-9-6-3)60-54(59)47-44-41-38-35-32-30-28-26-24-22-20-17-14-11-8-5-2/h25-29,31,50-52,56-57H,4-24,30,32-49H2,1-3H3,(H,55,58)/b27-25+,28-26+,31-29+. The van der Waals surface area contributed by atoms with Gasteiger partial charge in [-0.25, -0.2) is 0 Å². The Bertz CT molecular complexity index is 993. The zero-order valence-electron chi connectivity index (χ0n) is 40.1. The molecule has 60 heavy (non-hydrogen) atoms. The molecular formula is C54H101NO5. The Morgan fingerprint density at radius 1 is 0.483 bits per heavy atom. The molecule has 0 saturated heterocycles. The van der Waals surface area contributed by atoms with E-state index in [1.165, 1.54) is 148 Å². The first-order valence-corrected chi connectivity index (χ1v) is 26.2. The third-order valence-corrected chi connectivity index (χ3v) is 12.0. The molecule has 6 heteroatoms. The maximum Gasteiger partial charge on any atom is 0.306 e. The Balaban J connectivity index is 4.62. The lowest BCUT2D eigenvalue weighted by Gasteiger charge is -2.24. The molecular weight excluding hydrogens is 743 g/mol. The van der Waals surface area contributed by atoms with E-state index in [0.717, 1.165) is 77.0 Å². The summed E-state index contributed by atoms with van der Waals surface area (Å²) in [6.07, 6.45) is 56.4. The molecule has 0 aromatic heterocycles. The Hall–Kier alpha value is -1.92. The SMILES string of the molecule is CCCCCCCCC/C=C/C=C/CCCCCC(CC(=O)NC(CO)C(O)CCCCCCCCCCC)OC(=O)CCCCCCC/C=C/CCCCCCCCC. The highest BCUT2D eigenvalue weighted by molar-refractivity contribution is 5.77. The molecule has 0 rings (SSSR count). The number of carbonyl (C=O) groups excluding carboxylic acids is 2. The van der Waals surface area contributed by atoms with E-state index >= 15 is 0 Å². The number of nitrogens with one attached hydrogen (secondary N) is 1. The first-order valence-electron chi connectivity index (χ1n) is 26.2. The second-order valence-corrected chi connectivity index (χ2v) is 17.9. The van der Waals surface area contributed by atoms with Crippen LogP contribution in [-0.2, 0) is 14.3 Å². The fraction of sp³-hybridized carbons (Fsp3) is 0.852. The molecule has 3 N–H and O–H groups in total. The molecule has 0 aliphatic carbocycles. The first-order chi connectivity index (χ1) is 29.5. The number of hydrogen-bond donors (Lipinski definition) is 3. The number of ether oxygens (including phenoxy) is 1. The minimum atomic E-state index is -0.793. The molecule has 0 aliphatic rings. The molecule has 352 valence electrons. The van der Waals surface area contributed by atoms with Crippen LogP contribution in [0.25, 0.3) is 0 Å². The van der Waals surface area contributed by atoms with E-state index in [-0.39, 0.29) is 24.9 Å². The fourth-order valence-corrected chi connectivity index (χ4v) is 7.95. The molecule has 0 aromatic rings. The average Bonchev–Trinajstić information content (AvgIpc) is 3.24. The van der Waals surface area contributed by atoms with Crippen LogP contribution in [0.15, 0.2) is 36.5 Å². The molecule has 0 aliphatic heterocycles. The molecule has 3 unspecified atom stereocenters. The summed E-state index contributed by atoms with van der Waals surface area (Å²) in [5.41, 5.74) is 0. The van der Waals surface area contributed by atoms with Crippen molar-refractivity contribution in [3.63, 3.8) is 0 Å². The second-order valence-electron chi connectivity index (χ2n) is 17.9. The quantitative estimate of drug-likeness (QED) is 0.0245. The fourth-order valence-electron chi connectivity index (χ4n) is 7.95. The van der Waals surface area contributed by atoms with E-state index in [2.05, 4.69) is 62.5 Å². The summed E-state index contributed by atoms with van der Waals surface area (Å²) >= 11 is 0. The third kappa shape index (κ3) is 42.8. The van der Waals surface area contributed by atoms with E-state index in [1.54, 1.807) is 0 Å². The maximum absolute atomic E-state index is 13.2. The van der Waals surface area contributed by atoms with Gasteiger partial charge in [-0.15, -0.1) is 0 Å². The van der Waals surface area contributed by atoms with Gasteiger partial charge in [-0.1, -0.05) is 218 Å². The van der Waals surface area contributed by atoms with Gasteiger partial charge in [0.1, 0.15) is 6.10 Å². The number of carbonyl (C=O) groups is 2. The van der Waals surface area contributed by atoms with E-state index in [9.17, 15) is 19.8 Å². The summed E-state index contributed by atoms with van der Waals surface area (Å²) in [4.78, 5) is 26.1. The predicted octanol–water partition coefficient (Wildman–Crippen LogP) is 15.7. The van der Waals surface area contributed by atoms with Crippen LogP contribution in [0.2, 0.25) is 0 Å². The predicted molar refractivity (Wildman–Crippen MR) is 259 cm³/mol. The minimum Gasteiger partial charge on any atom is -0.462 e. The average molecular weight is 844 g/mol. The monoisotopic (exact) mass is 844 g/mol. The lowest BCUT2D eigenvalue weighted by Crippen LogP contribution is -2.46. The van der Waals surface area contributed by atoms with Gasteiger partial charge in [0.15, 0.2) is 0 Å². The van der Waals surface area contributed by atoms with Crippen molar-refractivity contribution in [3.8, 4) is 0 Å². The lowest BCUT2D eigenvalue weighted by molar-refractivity contribution is -0.151. The van der Waals surface area contributed by atoms with Gasteiger partial charge < -0.3 is 20.3 Å². The van der Waals surface area contributed by atoms with Crippen molar-refractivity contribution in [2.24, 2.45) is 0 Å². The Labute approximate surface area is 373 Å². The Morgan fingerprint density at radius 2 is 0.850 bits per heavy atom. The minimum absolute atomic E-state index is 0.0584. The van der Waals surface area contributed by atoms with Crippen LogP contribution in [-0.4, -0.2) is 46.9 Å². The van der Waals surface area contributed by atoms with Crippen molar-refractivity contribution in [2.75, 3.05) is 6.61 Å². The van der Waals surface area contributed by atoms with Crippen molar-refractivity contribution in [1.29, 1.82) is 0 Å². The van der Waals surface area contributed by atoms with Crippen LogP contribution in [0.5, 0.6) is 0 Å². The van der Waals surface area contributed by atoms with Crippen molar-refractivity contribution in [2.45, 2.75) is 289 Å². The Morgan fingerprint density at radius 3 is 1.30 bits per heavy atom. The largest absolute Gasteiger partial charge is 0.462 e. The molecule has 0 spiro atoms. The number of rotatable bonds is 47. The lowest BCUT2D eigenvalue weighted by atomic mass is 10.0. The maximum atomic E-state index is 13.2. The summed E-state index contributed by atoms with van der Waals surface area (Å²) in [6.45, 7) is 6.46. The third-order valence-electron chi connectivity index (χ3n) is 12.0. The molecule has 1 amide bonds. The van der Waals surface area contributed by atoms with Crippen molar-refractivity contribution >= 4 is 11.9 Å². The van der Waals surface area contributed by atoms with Crippen LogP contribution in [0, 0.1) is 0 Å². The summed E-state index contributed by atoms with van der Waals surface area (Å²) in [5, 5.41) is 23.7. The molecule has 0 heterocycles. The van der Waals surface area contributed by atoms with Crippen molar-refractivity contribution in [1.82, 2.24) is 5.32 Å². The molecule has 0 bridgehead atoms. The van der Waals surface area contributed by atoms with Gasteiger partial charge in [-0.3, -0.25) is 9.59 Å². The van der Waals surface area contributed by atoms with Crippen molar-refractivity contribution < 1.29 is 24.5 Å². The van der Waals surface area contributed by atoms with Crippen LogP contribution < -0.4 is 5.32 Å². The first kappa shape index (κ1) is 58.1. The van der Waals surface area contributed by atoms with Gasteiger partial charge in [-0.2, -0.15) is 0 Å². The number of unbranched alkanes of at least 4 members (excludes halogenated alkanes) is 30. The summed E-state index contributed by atoms with van der Waals surface area (Å²) in [5.74, 6) is -0.503. The highest BCUT2D eigenvalue weighted by Gasteiger charge is 2.24. The molecule has 0 saturated carbocycles. The molecule has 0 radical (unpaired) electrons.